The highest BCUT2D eigenvalue weighted by Crippen LogP contribution is 2.46. The number of hydrogen-bond acceptors (Lipinski definition) is 6. The third-order valence-electron chi connectivity index (χ3n) is 5.96. The third-order valence-corrected chi connectivity index (χ3v) is 5.96. The fraction of sp³-hybridized carbons (Fsp3) is 0.417. The van der Waals surface area contributed by atoms with E-state index in [2.05, 4.69) is 6.08 Å². The zero-order valence-electron chi connectivity index (χ0n) is 17.9. The number of allylic oxidation sites excluding steroid dienone is 2. The average Bonchev–Trinajstić information content (AvgIpc) is 2.75. The van der Waals surface area contributed by atoms with Gasteiger partial charge < -0.3 is 28.8 Å². The minimum absolute atomic E-state index is 0.0506. The normalized spacial score (nSPS) is 22.7. The summed E-state index contributed by atoms with van der Waals surface area (Å²) in [5.74, 6) is 2.38. The molecule has 1 aliphatic heterocycles. The second kappa shape index (κ2) is 8.48. The maximum atomic E-state index is 10.5. The Kier molecular flexibility index (Phi) is 5.77. The highest BCUT2D eigenvalue weighted by atomic mass is 16.5. The van der Waals surface area contributed by atoms with Gasteiger partial charge in [-0.3, -0.25) is 0 Å². The van der Waals surface area contributed by atoms with Crippen molar-refractivity contribution in [3.8, 4) is 17.2 Å². The fourth-order valence-electron chi connectivity index (χ4n) is 4.27. The molecule has 0 aromatic heterocycles. The van der Waals surface area contributed by atoms with Crippen LogP contribution in [-0.2, 0) is 9.47 Å². The van der Waals surface area contributed by atoms with Gasteiger partial charge in [-0.1, -0.05) is 17.7 Å². The number of fused-ring (bicyclic) bond motifs is 1. The molecule has 1 saturated carbocycles. The molecule has 1 heterocycles. The first kappa shape index (κ1) is 20.4. The van der Waals surface area contributed by atoms with Gasteiger partial charge in [0, 0.05) is 5.92 Å². The topological polar surface area (TPSA) is 66.4 Å². The summed E-state index contributed by atoms with van der Waals surface area (Å²) in [6.45, 7) is 0.408. The van der Waals surface area contributed by atoms with Crippen LogP contribution in [0.1, 0.15) is 24.8 Å². The molecule has 2 aliphatic carbocycles. The van der Waals surface area contributed by atoms with E-state index < -0.39 is 6.10 Å². The molecule has 0 amide bonds. The SMILES string of the molecule is COC1=C(O)C2OCC(C(=C3CCC3)c3cc(OC)c(OC)c(OC)c3)=CC2C=C1. The van der Waals surface area contributed by atoms with Crippen molar-refractivity contribution >= 4 is 5.57 Å². The van der Waals surface area contributed by atoms with Crippen LogP contribution in [-0.4, -0.2) is 46.3 Å². The van der Waals surface area contributed by atoms with Gasteiger partial charge >= 0.3 is 0 Å². The van der Waals surface area contributed by atoms with Gasteiger partial charge in [0.15, 0.2) is 23.0 Å². The Morgan fingerprint density at radius 1 is 1.00 bits per heavy atom. The zero-order valence-corrected chi connectivity index (χ0v) is 17.9. The minimum Gasteiger partial charge on any atom is -0.506 e. The van der Waals surface area contributed by atoms with Gasteiger partial charge in [-0.15, -0.1) is 0 Å². The van der Waals surface area contributed by atoms with Crippen LogP contribution in [0, 0.1) is 5.92 Å². The van der Waals surface area contributed by atoms with Crippen LogP contribution < -0.4 is 14.2 Å². The molecule has 1 aromatic rings. The Morgan fingerprint density at radius 2 is 1.70 bits per heavy atom. The highest BCUT2D eigenvalue weighted by molar-refractivity contribution is 5.84. The Balaban J connectivity index is 1.77. The Bertz CT molecular complexity index is 921. The van der Waals surface area contributed by atoms with Crippen molar-refractivity contribution in [1.29, 1.82) is 0 Å². The smallest absolute Gasteiger partial charge is 0.203 e. The third kappa shape index (κ3) is 3.45. The number of hydrogen-bond donors (Lipinski definition) is 1. The summed E-state index contributed by atoms with van der Waals surface area (Å²) in [4.78, 5) is 0. The number of ether oxygens (including phenoxy) is 5. The van der Waals surface area contributed by atoms with E-state index >= 15 is 0 Å². The van der Waals surface area contributed by atoms with E-state index in [1.165, 1.54) is 17.6 Å². The highest BCUT2D eigenvalue weighted by Gasteiger charge is 2.34. The van der Waals surface area contributed by atoms with E-state index in [0.29, 0.717) is 29.6 Å². The summed E-state index contributed by atoms with van der Waals surface area (Å²) < 4.78 is 27.9. The second-order valence-corrected chi connectivity index (χ2v) is 7.56. The number of aliphatic hydroxyl groups is 1. The fourth-order valence-corrected chi connectivity index (χ4v) is 4.27. The Hall–Kier alpha value is -2.86. The summed E-state index contributed by atoms with van der Waals surface area (Å²) in [6, 6.07) is 3.98. The summed E-state index contributed by atoms with van der Waals surface area (Å²) in [5, 5.41) is 10.5. The predicted molar refractivity (Wildman–Crippen MR) is 114 cm³/mol. The van der Waals surface area contributed by atoms with Gasteiger partial charge in [0.2, 0.25) is 5.75 Å². The molecule has 2 unspecified atom stereocenters. The van der Waals surface area contributed by atoms with Crippen LogP contribution in [0.15, 0.2) is 53.0 Å². The standard InChI is InChI=1S/C24H28O6/c1-26-18-9-8-15-10-17(13-30-23(15)22(18)25)21(14-6-5-7-14)16-11-19(27-2)24(29-4)20(12-16)28-3/h8-12,15,23,25H,5-7,13H2,1-4H3. The lowest BCUT2D eigenvalue weighted by Gasteiger charge is -2.34. The van der Waals surface area contributed by atoms with E-state index in [0.717, 1.165) is 24.0 Å². The lowest BCUT2D eigenvalue weighted by molar-refractivity contribution is 0.0301. The van der Waals surface area contributed by atoms with Crippen LogP contribution >= 0.6 is 0 Å². The van der Waals surface area contributed by atoms with Crippen molar-refractivity contribution in [3.05, 3.63) is 58.6 Å². The molecule has 1 N–H and O–H groups in total. The van der Waals surface area contributed by atoms with Gasteiger partial charge in [-0.2, -0.15) is 0 Å². The van der Waals surface area contributed by atoms with Crippen LogP contribution in [0.25, 0.3) is 5.57 Å². The maximum Gasteiger partial charge on any atom is 0.203 e. The molecule has 3 aliphatic rings. The molecule has 6 nitrogen and oxygen atoms in total. The predicted octanol–water partition coefficient (Wildman–Crippen LogP) is 4.58. The molecule has 1 aromatic carbocycles. The molecule has 0 saturated heterocycles. The molecule has 2 atom stereocenters. The van der Waals surface area contributed by atoms with Crippen LogP contribution in [0.3, 0.4) is 0 Å². The van der Waals surface area contributed by atoms with Crippen molar-refractivity contribution in [2.24, 2.45) is 5.92 Å². The molecule has 0 radical (unpaired) electrons. The molecule has 6 heteroatoms. The molecular weight excluding hydrogens is 384 g/mol. The molecule has 4 rings (SSSR count). The summed E-state index contributed by atoms with van der Waals surface area (Å²) in [5.41, 5.74) is 4.70. The molecule has 1 fully saturated rings. The van der Waals surface area contributed by atoms with Crippen molar-refractivity contribution in [1.82, 2.24) is 0 Å². The lowest BCUT2D eigenvalue weighted by atomic mass is 9.79. The monoisotopic (exact) mass is 412 g/mol. The van der Waals surface area contributed by atoms with Crippen LogP contribution in [0.2, 0.25) is 0 Å². The number of rotatable bonds is 6. The summed E-state index contributed by atoms with van der Waals surface area (Å²) >= 11 is 0. The van der Waals surface area contributed by atoms with Crippen LogP contribution in [0.5, 0.6) is 17.2 Å². The molecule has 160 valence electrons. The molecule has 30 heavy (non-hydrogen) atoms. The van der Waals surface area contributed by atoms with Gasteiger partial charge in [-0.05, 0) is 54.2 Å². The van der Waals surface area contributed by atoms with E-state index in [1.54, 1.807) is 34.5 Å². The Morgan fingerprint density at radius 3 is 2.23 bits per heavy atom. The minimum atomic E-state index is -0.415. The van der Waals surface area contributed by atoms with Crippen LogP contribution in [0.4, 0.5) is 0 Å². The number of benzene rings is 1. The first-order valence-electron chi connectivity index (χ1n) is 10.1. The van der Waals surface area contributed by atoms with Crippen molar-refractivity contribution in [2.75, 3.05) is 35.0 Å². The number of methoxy groups -OCH3 is 4. The van der Waals surface area contributed by atoms with Crippen molar-refractivity contribution < 1.29 is 28.8 Å². The van der Waals surface area contributed by atoms with Gasteiger partial charge in [0.1, 0.15) is 6.10 Å². The Labute approximate surface area is 177 Å². The average molecular weight is 412 g/mol. The maximum absolute atomic E-state index is 10.5. The summed E-state index contributed by atoms with van der Waals surface area (Å²) in [6.07, 6.45) is 8.90. The van der Waals surface area contributed by atoms with Crippen molar-refractivity contribution in [3.63, 3.8) is 0 Å². The number of aliphatic hydroxyl groups excluding tert-OH is 1. The van der Waals surface area contributed by atoms with Gasteiger partial charge in [0.05, 0.1) is 35.0 Å². The van der Waals surface area contributed by atoms with Gasteiger partial charge in [-0.25, -0.2) is 0 Å². The van der Waals surface area contributed by atoms with E-state index in [4.69, 9.17) is 23.7 Å². The zero-order chi connectivity index (χ0) is 21.3. The first-order valence-corrected chi connectivity index (χ1v) is 10.1. The van der Waals surface area contributed by atoms with E-state index in [9.17, 15) is 5.11 Å². The molecule has 0 spiro atoms. The van der Waals surface area contributed by atoms with Gasteiger partial charge in [0.25, 0.3) is 0 Å². The largest absolute Gasteiger partial charge is 0.506 e. The quantitative estimate of drug-likeness (QED) is 0.738. The lowest BCUT2D eigenvalue weighted by Crippen LogP contribution is -2.32. The second-order valence-electron chi connectivity index (χ2n) is 7.56. The van der Waals surface area contributed by atoms with E-state index in [1.807, 2.05) is 18.2 Å². The first-order chi connectivity index (χ1) is 14.6. The molecular formula is C24H28O6. The molecule has 0 bridgehead atoms. The summed E-state index contributed by atoms with van der Waals surface area (Å²) in [7, 11) is 6.40. The van der Waals surface area contributed by atoms with Crippen molar-refractivity contribution in [2.45, 2.75) is 25.4 Å². The van der Waals surface area contributed by atoms with E-state index in [-0.39, 0.29) is 11.7 Å².